The van der Waals surface area contributed by atoms with Crippen LogP contribution in [0, 0.1) is 0 Å². The number of hydrogen-bond acceptors (Lipinski definition) is 8. The molecule has 0 aliphatic rings. The summed E-state index contributed by atoms with van der Waals surface area (Å²) in [5.74, 6) is 0.780. The minimum absolute atomic E-state index is 0.00991. The Hall–Kier alpha value is -4.16. The van der Waals surface area contributed by atoms with Crippen LogP contribution in [0.1, 0.15) is 81.9 Å². The Labute approximate surface area is 269 Å². The number of aromatic nitrogens is 3. The number of ether oxygens (including phenoxy) is 1. The van der Waals surface area contributed by atoms with Gasteiger partial charge in [-0.1, -0.05) is 74.5 Å². The normalized spacial score (nSPS) is 13.4. The number of guanidine groups is 2. The molecule has 0 aliphatic heterocycles. The first-order chi connectivity index (χ1) is 20.9. The summed E-state index contributed by atoms with van der Waals surface area (Å²) in [6.07, 6.45) is 1.74. The van der Waals surface area contributed by atoms with Crippen molar-refractivity contribution < 1.29 is 9.53 Å². The zero-order valence-corrected chi connectivity index (χ0v) is 27.3. The SMILES string of the molecule is CCC(N=C(N)N=C(N)N)c1ccccc1.CCC(Nc1nc(N)nc(C(C)Cl)n1)c1ccccc1.CCOC(=O)C(C)Cl. The van der Waals surface area contributed by atoms with Crippen molar-refractivity contribution in [3.05, 3.63) is 77.6 Å². The number of hydrogen-bond donors (Lipinski definition) is 5. The molecule has 3 aromatic rings. The van der Waals surface area contributed by atoms with Crippen molar-refractivity contribution in [2.24, 2.45) is 27.2 Å². The molecule has 9 N–H and O–H groups in total. The third kappa shape index (κ3) is 14.8. The highest BCUT2D eigenvalue weighted by molar-refractivity contribution is 6.29. The molecular formula is C30H44Cl2N10O2. The largest absolute Gasteiger partial charge is 0.465 e. The number of carbonyl (C=O) groups excluding carboxylic acids is 1. The number of nitrogen functional groups attached to an aromatic ring is 1. The minimum Gasteiger partial charge on any atom is -0.465 e. The smallest absolute Gasteiger partial charge is 0.323 e. The van der Waals surface area contributed by atoms with Crippen LogP contribution in [0.2, 0.25) is 0 Å². The van der Waals surface area contributed by atoms with Gasteiger partial charge in [0.15, 0.2) is 11.8 Å². The van der Waals surface area contributed by atoms with E-state index in [2.05, 4.69) is 54.0 Å². The monoisotopic (exact) mass is 646 g/mol. The lowest BCUT2D eigenvalue weighted by atomic mass is 10.1. The lowest BCUT2D eigenvalue weighted by Gasteiger charge is -2.18. The number of carbonyl (C=O) groups is 1. The maximum absolute atomic E-state index is 10.4. The molecular weight excluding hydrogens is 603 g/mol. The summed E-state index contributed by atoms with van der Waals surface area (Å²) >= 11 is 11.3. The third-order valence-corrected chi connectivity index (χ3v) is 6.03. The Morgan fingerprint density at radius 1 is 0.886 bits per heavy atom. The predicted molar refractivity (Wildman–Crippen MR) is 180 cm³/mol. The lowest BCUT2D eigenvalue weighted by molar-refractivity contribution is -0.142. The number of nitrogens with one attached hydrogen (secondary N) is 1. The van der Waals surface area contributed by atoms with Gasteiger partial charge in [0.05, 0.1) is 24.1 Å². The minimum atomic E-state index is -0.519. The predicted octanol–water partition coefficient (Wildman–Crippen LogP) is 5.22. The number of anilines is 2. The highest BCUT2D eigenvalue weighted by Crippen LogP contribution is 2.23. The van der Waals surface area contributed by atoms with Gasteiger partial charge >= 0.3 is 5.97 Å². The molecule has 0 spiro atoms. The molecule has 0 saturated heterocycles. The molecule has 4 unspecified atom stereocenters. The molecule has 2 aromatic carbocycles. The van der Waals surface area contributed by atoms with E-state index in [1.807, 2.05) is 55.5 Å². The first kappa shape index (κ1) is 37.9. The van der Waals surface area contributed by atoms with Crippen molar-refractivity contribution in [1.29, 1.82) is 0 Å². The van der Waals surface area contributed by atoms with Gasteiger partial charge < -0.3 is 33.0 Å². The molecule has 3 rings (SSSR count). The Morgan fingerprint density at radius 2 is 1.45 bits per heavy atom. The Kier molecular flexibility index (Phi) is 17.8. The standard InChI is InChI=1S/C14H18ClN5.C11H17N5.C5H9ClO2/c1-3-11(10-7-5-4-6-8-10)17-14-19-12(9(2)15)18-13(16)20-14;1-2-9(8-6-4-3-5-7-8)15-11(14)16-10(12)13;1-3-8-5(7)4(2)6/h4-9,11H,3H2,1-2H3,(H3,16,17,18,19,20);3-7,9H,2H2,1H3,(H6,12,13,14,15,16);4H,3H2,1-2H3. The number of halogens is 2. The van der Waals surface area contributed by atoms with Crippen LogP contribution in [-0.2, 0) is 9.53 Å². The number of alkyl halides is 2. The van der Waals surface area contributed by atoms with Crippen molar-refractivity contribution in [2.75, 3.05) is 17.7 Å². The maximum atomic E-state index is 10.4. The molecule has 4 atom stereocenters. The van der Waals surface area contributed by atoms with Gasteiger partial charge in [0.2, 0.25) is 17.9 Å². The van der Waals surface area contributed by atoms with E-state index in [1.165, 1.54) is 5.56 Å². The van der Waals surface area contributed by atoms with Crippen LogP contribution in [0.15, 0.2) is 70.6 Å². The zero-order valence-electron chi connectivity index (χ0n) is 25.8. The number of rotatable bonds is 10. The number of aliphatic imine (C=N–C) groups is 2. The van der Waals surface area contributed by atoms with Crippen LogP contribution in [0.4, 0.5) is 11.9 Å². The number of esters is 1. The second-order valence-corrected chi connectivity index (χ2v) is 10.5. The number of benzene rings is 2. The molecule has 1 aromatic heterocycles. The van der Waals surface area contributed by atoms with Crippen molar-refractivity contribution in [3.63, 3.8) is 0 Å². The van der Waals surface area contributed by atoms with E-state index in [0.717, 1.165) is 18.4 Å². The van der Waals surface area contributed by atoms with Gasteiger partial charge in [-0.05, 0) is 44.7 Å². The summed E-state index contributed by atoms with van der Waals surface area (Å²) in [5, 5.41) is 2.45. The number of nitrogens with two attached hydrogens (primary N) is 4. The van der Waals surface area contributed by atoms with E-state index in [1.54, 1.807) is 20.8 Å². The molecule has 44 heavy (non-hydrogen) atoms. The van der Waals surface area contributed by atoms with Crippen molar-refractivity contribution >= 4 is 53.0 Å². The number of nitrogens with zero attached hydrogens (tertiary/aromatic N) is 5. The van der Waals surface area contributed by atoms with Gasteiger partial charge in [-0.2, -0.15) is 19.9 Å². The summed E-state index contributed by atoms with van der Waals surface area (Å²) in [6.45, 7) is 9.66. The Balaban J connectivity index is 0.000000361. The zero-order chi connectivity index (χ0) is 33.1. The van der Waals surface area contributed by atoms with Crippen LogP contribution in [0.3, 0.4) is 0 Å². The van der Waals surface area contributed by atoms with Gasteiger partial charge in [0.25, 0.3) is 0 Å². The third-order valence-electron chi connectivity index (χ3n) is 5.65. The van der Waals surface area contributed by atoms with E-state index in [-0.39, 0.29) is 41.3 Å². The fourth-order valence-electron chi connectivity index (χ4n) is 3.57. The Morgan fingerprint density at radius 3 is 1.89 bits per heavy atom. The van der Waals surface area contributed by atoms with E-state index in [0.29, 0.717) is 18.4 Å². The van der Waals surface area contributed by atoms with Crippen LogP contribution >= 0.6 is 23.2 Å². The van der Waals surface area contributed by atoms with Gasteiger partial charge in [0.1, 0.15) is 5.38 Å². The van der Waals surface area contributed by atoms with E-state index < -0.39 is 5.38 Å². The highest BCUT2D eigenvalue weighted by Gasteiger charge is 2.14. The van der Waals surface area contributed by atoms with E-state index in [4.69, 9.17) is 46.1 Å². The maximum Gasteiger partial charge on any atom is 0.323 e. The highest BCUT2D eigenvalue weighted by atomic mass is 35.5. The molecule has 240 valence electrons. The molecule has 14 heteroatoms. The van der Waals surface area contributed by atoms with Crippen molar-refractivity contribution in [1.82, 2.24) is 15.0 Å². The molecule has 12 nitrogen and oxygen atoms in total. The average Bonchev–Trinajstić information content (AvgIpc) is 2.99. The molecule has 0 saturated carbocycles. The first-order valence-corrected chi connectivity index (χ1v) is 15.0. The fourth-order valence-corrected chi connectivity index (χ4v) is 3.73. The molecule has 0 bridgehead atoms. The van der Waals surface area contributed by atoms with Gasteiger partial charge in [0, 0.05) is 0 Å². The summed E-state index contributed by atoms with van der Waals surface area (Å²) in [5.41, 5.74) is 24.0. The van der Waals surface area contributed by atoms with Gasteiger partial charge in [-0.3, -0.25) is 4.79 Å². The van der Waals surface area contributed by atoms with Crippen LogP contribution < -0.4 is 28.3 Å². The fraction of sp³-hybridized carbons (Fsp3) is 0.400. The Bertz CT molecular complexity index is 1310. The van der Waals surface area contributed by atoms with Crippen molar-refractivity contribution in [3.8, 4) is 0 Å². The second-order valence-electron chi connectivity index (χ2n) is 9.23. The molecule has 0 amide bonds. The van der Waals surface area contributed by atoms with Crippen LogP contribution in [0.5, 0.6) is 0 Å². The lowest BCUT2D eigenvalue weighted by Crippen LogP contribution is -2.26. The molecule has 0 radical (unpaired) electrons. The first-order valence-electron chi connectivity index (χ1n) is 14.2. The second kappa shape index (κ2) is 20.7. The summed E-state index contributed by atoms with van der Waals surface area (Å²) in [7, 11) is 0. The average molecular weight is 648 g/mol. The summed E-state index contributed by atoms with van der Waals surface area (Å²) in [6, 6.07) is 20.1. The van der Waals surface area contributed by atoms with E-state index in [9.17, 15) is 4.79 Å². The van der Waals surface area contributed by atoms with Crippen LogP contribution in [0.25, 0.3) is 0 Å². The van der Waals surface area contributed by atoms with Gasteiger partial charge in [-0.15, -0.1) is 23.2 Å². The quantitative estimate of drug-likeness (QED) is 0.0839. The van der Waals surface area contributed by atoms with E-state index >= 15 is 0 Å². The molecule has 1 heterocycles. The molecule has 0 aliphatic carbocycles. The molecule has 0 fully saturated rings. The topological polar surface area (TPSA) is 206 Å². The summed E-state index contributed by atoms with van der Waals surface area (Å²) in [4.78, 5) is 30.8. The summed E-state index contributed by atoms with van der Waals surface area (Å²) < 4.78 is 4.53. The van der Waals surface area contributed by atoms with Gasteiger partial charge in [-0.25, -0.2) is 4.99 Å². The van der Waals surface area contributed by atoms with Crippen molar-refractivity contribution in [2.45, 2.75) is 70.3 Å². The van der Waals surface area contributed by atoms with Crippen LogP contribution in [-0.4, -0.2) is 44.8 Å².